The van der Waals surface area contributed by atoms with Crippen molar-refractivity contribution in [2.24, 2.45) is 5.73 Å². The second-order valence-corrected chi connectivity index (χ2v) is 9.84. The summed E-state index contributed by atoms with van der Waals surface area (Å²) in [5.74, 6) is 0.661. The number of benzene rings is 2. The number of nitrogens with zero attached hydrogens (tertiary/aromatic N) is 3. The monoisotopic (exact) mass is 524 g/mol. The highest BCUT2D eigenvalue weighted by atomic mass is 16.5. The number of carbonyl (C=O) groups excluding carboxylic acids is 1. The molecule has 0 aliphatic rings. The summed E-state index contributed by atoms with van der Waals surface area (Å²) in [6, 6.07) is 10.0. The van der Waals surface area contributed by atoms with Gasteiger partial charge in [0.2, 0.25) is 11.7 Å². The van der Waals surface area contributed by atoms with Crippen molar-refractivity contribution in [3.8, 4) is 28.6 Å². The maximum absolute atomic E-state index is 11.0. The van der Waals surface area contributed by atoms with E-state index in [1.54, 1.807) is 0 Å². The summed E-state index contributed by atoms with van der Waals surface area (Å²) in [5.41, 5.74) is 10.9. The van der Waals surface area contributed by atoms with Crippen molar-refractivity contribution >= 4 is 5.91 Å². The number of hydrogen-bond acceptors (Lipinski definition) is 8. The lowest BCUT2D eigenvalue weighted by molar-refractivity contribution is -0.127. The van der Waals surface area contributed by atoms with Gasteiger partial charge in [-0.25, -0.2) is 0 Å². The van der Waals surface area contributed by atoms with Crippen molar-refractivity contribution in [1.82, 2.24) is 15.0 Å². The molecule has 3 rings (SSSR count). The Morgan fingerprint density at radius 2 is 1.76 bits per heavy atom. The zero-order valence-electron chi connectivity index (χ0n) is 23.0. The van der Waals surface area contributed by atoms with Crippen LogP contribution in [0.25, 0.3) is 22.8 Å². The lowest BCUT2D eigenvalue weighted by atomic mass is 10.0. The normalized spacial score (nSPS) is 13.1. The van der Waals surface area contributed by atoms with Gasteiger partial charge in [-0.2, -0.15) is 4.98 Å². The van der Waals surface area contributed by atoms with Crippen LogP contribution < -0.4 is 10.5 Å². The lowest BCUT2D eigenvalue weighted by Crippen LogP contribution is -2.33. The van der Waals surface area contributed by atoms with Gasteiger partial charge in [0.05, 0.1) is 6.10 Å². The Kier molecular flexibility index (Phi) is 10.4. The minimum absolute atomic E-state index is 0.0817. The Morgan fingerprint density at radius 1 is 1.08 bits per heavy atom. The maximum atomic E-state index is 11.0. The molecule has 9 heteroatoms. The van der Waals surface area contributed by atoms with Gasteiger partial charge in [0.1, 0.15) is 18.5 Å². The average molecular weight is 525 g/mol. The Morgan fingerprint density at radius 3 is 2.37 bits per heavy atom. The van der Waals surface area contributed by atoms with Gasteiger partial charge in [-0.15, -0.1) is 0 Å². The smallest absolute Gasteiger partial charge is 0.258 e. The number of aliphatic hydroxyl groups excluding tert-OH is 2. The molecule has 38 heavy (non-hydrogen) atoms. The molecule has 0 aliphatic carbocycles. The highest BCUT2D eigenvalue weighted by Crippen LogP contribution is 2.31. The third-order valence-electron chi connectivity index (χ3n) is 6.65. The number of carbonyl (C=O) groups is 1. The quantitative estimate of drug-likeness (QED) is 0.289. The van der Waals surface area contributed by atoms with Crippen LogP contribution in [0.15, 0.2) is 34.9 Å². The van der Waals surface area contributed by atoms with Gasteiger partial charge in [0.25, 0.3) is 5.89 Å². The summed E-state index contributed by atoms with van der Waals surface area (Å²) in [6.45, 7) is 13.3. The van der Waals surface area contributed by atoms with E-state index in [0.29, 0.717) is 17.5 Å². The predicted octanol–water partition coefficient (Wildman–Crippen LogP) is 3.93. The molecule has 0 spiro atoms. The number of hydrogen-bond donors (Lipinski definition) is 3. The molecule has 0 bridgehead atoms. The van der Waals surface area contributed by atoms with Crippen molar-refractivity contribution in [2.75, 3.05) is 19.7 Å². The summed E-state index contributed by atoms with van der Waals surface area (Å²) in [4.78, 5) is 18.1. The Balaban J connectivity index is 1.71. The fourth-order valence-electron chi connectivity index (χ4n) is 4.36. The van der Waals surface area contributed by atoms with Crippen molar-refractivity contribution in [3.05, 3.63) is 52.6 Å². The number of aryl methyl sites for hydroxylation is 3. The van der Waals surface area contributed by atoms with E-state index in [9.17, 15) is 15.0 Å². The van der Waals surface area contributed by atoms with Crippen LogP contribution in [-0.2, 0) is 11.3 Å². The number of amides is 1. The molecule has 1 heterocycles. The van der Waals surface area contributed by atoms with Crippen LogP contribution in [0.5, 0.6) is 5.75 Å². The average Bonchev–Trinajstić information content (AvgIpc) is 3.37. The first-order valence-corrected chi connectivity index (χ1v) is 13.2. The van der Waals surface area contributed by atoms with Crippen LogP contribution >= 0.6 is 0 Å². The molecule has 9 nitrogen and oxygen atoms in total. The fraction of sp³-hybridized carbons (Fsp3) is 0.483. The van der Waals surface area contributed by atoms with E-state index in [4.69, 9.17) is 15.0 Å². The number of primary amides is 1. The van der Waals surface area contributed by atoms with E-state index in [1.165, 1.54) is 24.0 Å². The molecule has 1 amide bonds. The largest absolute Gasteiger partial charge is 0.490 e. The molecule has 0 saturated heterocycles. The summed E-state index contributed by atoms with van der Waals surface area (Å²) in [6.07, 6.45) is -0.248. The van der Waals surface area contributed by atoms with Crippen LogP contribution in [0.1, 0.15) is 55.4 Å². The van der Waals surface area contributed by atoms with Gasteiger partial charge in [-0.05, 0) is 86.8 Å². The van der Waals surface area contributed by atoms with E-state index in [0.717, 1.165) is 41.9 Å². The van der Waals surface area contributed by atoms with Gasteiger partial charge in [0.15, 0.2) is 0 Å². The summed E-state index contributed by atoms with van der Waals surface area (Å²) < 4.78 is 11.4. The molecule has 1 unspecified atom stereocenters. The highest BCUT2D eigenvalue weighted by Gasteiger charge is 2.19. The van der Waals surface area contributed by atoms with Crippen LogP contribution in [0.3, 0.4) is 0 Å². The molecular formula is C29H40N4O5. The van der Waals surface area contributed by atoms with Gasteiger partial charge < -0.3 is 25.2 Å². The zero-order valence-corrected chi connectivity index (χ0v) is 23.0. The van der Waals surface area contributed by atoms with E-state index >= 15 is 0 Å². The standard InChI is InChI=1S/C29H40N4O5/c1-6-8-11-33(7-2)16-22-10-9-21(12-18(22)3)29-31-28(32-38-29)23-13-19(4)26(20(5)14-23)37-17-24(34)15-25(35)27(30)36/h9-10,12-14,24-25,34-35H,6-8,11,15-17H2,1-5H3,(H2,30,36)/t24-,25?/m0/s1. The highest BCUT2D eigenvalue weighted by molar-refractivity contribution is 5.78. The molecule has 2 atom stereocenters. The minimum Gasteiger partial charge on any atom is -0.490 e. The number of aromatic nitrogens is 2. The number of ether oxygens (including phenoxy) is 1. The first-order chi connectivity index (χ1) is 18.1. The SMILES string of the molecule is CCCCN(CC)Cc1ccc(-c2nc(-c3cc(C)c(OC[C@@H](O)CC(O)C(N)=O)c(C)c3)no2)cc1C. The second kappa shape index (κ2) is 13.5. The third-order valence-corrected chi connectivity index (χ3v) is 6.65. The number of aliphatic hydroxyl groups is 2. The van der Waals surface area contributed by atoms with Crippen LogP contribution in [-0.4, -0.2) is 63.1 Å². The second-order valence-electron chi connectivity index (χ2n) is 9.84. The third kappa shape index (κ3) is 7.63. The molecule has 3 aromatic rings. The van der Waals surface area contributed by atoms with Crippen molar-refractivity contribution < 1.29 is 24.3 Å². The summed E-state index contributed by atoms with van der Waals surface area (Å²) in [5, 5.41) is 23.8. The molecule has 0 aliphatic heterocycles. The maximum Gasteiger partial charge on any atom is 0.258 e. The molecule has 4 N–H and O–H groups in total. The first-order valence-electron chi connectivity index (χ1n) is 13.2. The van der Waals surface area contributed by atoms with E-state index in [1.807, 2.05) is 32.0 Å². The number of unbranched alkanes of at least 4 members (excludes halogenated alkanes) is 1. The van der Waals surface area contributed by atoms with Gasteiger partial charge in [0, 0.05) is 24.1 Å². The molecule has 0 saturated carbocycles. The summed E-state index contributed by atoms with van der Waals surface area (Å²) >= 11 is 0. The first kappa shape index (κ1) is 29.3. The van der Waals surface area contributed by atoms with Gasteiger partial charge in [-0.1, -0.05) is 31.5 Å². The van der Waals surface area contributed by atoms with Gasteiger partial charge >= 0.3 is 0 Å². The zero-order chi connectivity index (χ0) is 27.8. The predicted molar refractivity (Wildman–Crippen MR) is 147 cm³/mol. The molecule has 0 radical (unpaired) electrons. The molecule has 0 fully saturated rings. The Hall–Kier alpha value is -3.27. The molecule has 2 aromatic carbocycles. The topological polar surface area (TPSA) is 135 Å². The molecule has 1 aromatic heterocycles. The lowest BCUT2D eigenvalue weighted by Gasteiger charge is -2.21. The Bertz CT molecular complexity index is 1200. The fourth-order valence-corrected chi connectivity index (χ4v) is 4.36. The summed E-state index contributed by atoms with van der Waals surface area (Å²) in [7, 11) is 0. The van der Waals surface area contributed by atoms with E-state index in [2.05, 4.69) is 47.9 Å². The van der Waals surface area contributed by atoms with Crippen molar-refractivity contribution in [2.45, 2.75) is 72.6 Å². The van der Waals surface area contributed by atoms with Crippen LogP contribution in [0.4, 0.5) is 0 Å². The molecule has 206 valence electrons. The minimum atomic E-state index is -1.41. The van der Waals surface area contributed by atoms with Crippen LogP contribution in [0.2, 0.25) is 0 Å². The number of nitrogens with two attached hydrogens (primary N) is 1. The van der Waals surface area contributed by atoms with Crippen molar-refractivity contribution in [3.63, 3.8) is 0 Å². The van der Waals surface area contributed by atoms with Gasteiger partial charge in [-0.3, -0.25) is 9.69 Å². The molecular weight excluding hydrogens is 484 g/mol. The number of rotatable bonds is 14. The van der Waals surface area contributed by atoms with Crippen molar-refractivity contribution in [1.29, 1.82) is 0 Å². The van der Waals surface area contributed by atoms with E-state index in [-0.39, 0.29) is 13.0 Å². The van der Waals surface area contributed by atoms with Crippen LogP contribution in [0, 0.1) is 20.8 Å². The van der Waals surface area contributed by atoms with E-state index < -0.39 is 18.1 Å². The Labute approximate surface area is 224 Å².